The fraction of sp³-hybridized carbons (Fsp3) is 0.455. The summed E-state index contributed by atoms with van der Waals surface area (Å²) < 4.78 is 0. The van der Waals surface area contributed by atoms with Crippen LogP contribution in [0.15, 0.2) is 18.2 Å². The van der Waals surface area contributed by atoms with Gasteiger partial charge in [-0.3, -0.25) is 0 Å². The Balaban J connectivity index is 2.82. The topological polar surface area (TPSA) is 58.3 Å². The molecular weight excluding hydrogens is 176 g/mol. The van der Waals surface area contributed by atoms with E-state index in [9.17, 15) is 5.11 Å². The van der Waals surface area contributed by atoms with Gasteiger partial charge in [-0.05, 0) is 38.5 Å². The molecule has 0 heterocycles. The Kier molecular flexibility index (Phi) is 3.36. The third kappa shape index (κ3) is 2.39. The van der Waals surface area contributed by atoms with Crippen LogP contribution in [0.1, 0.15) is 19.4 Å². The standard InChI is InChI=1S/C11H18N2O/c1-7-10(12)5-4-6-11(7)13-8(2)9(3)14/h4-6,8-9,13-14H,12H2,1-3H3. The Labute approximate surface area is 84.9 Å². The molecule has 0 aliphatic carbocycles. The first-order valence-electron chi connectivity index (χ1n) is 4.82. The van der Waals surface area contributed by atoms with Gasteiger partial charge in [-0.1, -0.05) is 6.07 Å². The molecule has 14 heavy (non-hydrogen) atoms. The summed E-state index contributed by atoms with van der Waals surface area (Å²) in [5, 5.41) is 12.6. The summed E-state index contributed by atoms with van der Waals surface area (Å²) in [6.45, 7) is 5.67. The van der Waals surface area contributed by atoms with Gasteiger partial charge >= 0.3 is 0 Å². The highest BCUT2D eigenvalue weighted by atomic mass is 16.3. The molecule has 0 radical (unpaired) electrons. The van der Waals surface area contributed by atoms with Crippen molar-refractivity contribution in [2.75, 3.05) is 11.1 Å². The first-order chi connectivity index (χ1) is 6.52. The zero-order valence-corrected chi connectivity index (χ0v) is 8.91. The maximum absolute atomic E-state index is 9.35. The molecule has 0 saturated carbocycles. The van der Waals surface area contributed by atoms with Crippen LogP contribution in [0.4, 0.5) is 11.4 Å². The highest BCUT2D eigenvalue weighted by Gasteiger charge is 2.09. The number of aliphatic hydroxyl groups is 1. The second-order valence-corrected chi connectivity index (χ2v) is 3.69. The molecule has 0 aromatic heterocycles. The summed E-state index contributed by atoms with van der Waals surface area (Å²) in [5.41, 5.74) is 8.55. The van der Waals surface area contributed by atoms with Crippen molar-refractivity contribution in [3.8, 4) is 0 Å². The maximum Gasteiger partial charge on any atom is 0.0710 e. The zero-order valence-electron chi connectivity index (χ0n) is 8.91. The Morgan fingerprint density at radius 1 is 1.36 bits per heavy atom. The lowest BCUT2D eigenvalue weighted by atomic mass is 10.1. The lowest BCUT2D eigenvalue weighted by Gasteiger charge is -2.19. The van der Waals surface area contributed by atoms with E-state index in [1.165, 1.54) is 0 Å². The molecule has 3 heteroatoms. The molecule has 0 fully saturated rings. The number of benzene rings is 1. The van der Waals surface area contributed by atoms with E-state index in [1.807, 2.05) is 32.0 Å². The molecule has 0 saturated heterocycles. The Morgan fingerprint density at radius 3 is 2.57 bits per heavy atom. The minimum absolute atomic E-state index is 0.0236. The fourth-order valence-electron chi connectivity index (χ4n) is 1.18. The van der Waals surface area contributed by atoms with Crippen molar-refractivity contribution >= 4 is 11.4 Å². The van der Waals surface area contributed by atoms with Crippen LogP contribution < -0.4 is 11.1 Å². The number of nitrogens with one attached hydrogen (secondary N) is 1. The van der Waals surface area contributed by atoms with Crippen molar-refractivity contribution in [1.29, 1.82) is 0 Å². The molecule has 3 nitrogen and oxygen atoms in total. The van der Waals surface area contributed by atoms with E-state index < -0.39 is 0 Å². The molecule has 0 bridgehead atoms. The smallest absolute Gasteiger partial charge is 0.0710 e. The van der Waals surface area contributed by atoms with Crippen LogP contribution in [-0.4, -0.2) is 17.3 Å². The van der Waals surface area contributed by atoms with Gasteiger partial charge in [-0.15, -0.1) is 0 Å². The van der Waals surface area contributed by atoms with Gasteiger partial charge in [0.25, 0.3) is 0 Å². The molecule has 1 aromatic rings. The van der Waals surface area contributed by atoms with Crippen molar-refractivity contribution in [1.82, 2.24) is 0 Å². The average molecular weight is 194 g/mol. The summed E-state index contributed by atoms with van der Waals surface area (Å²) in [7, 11) is 0. The number of rotatable bonds is 3. The van der Waals surface area contributed by atoms with Gasteiger partial charge in [-0.2, -0.15) is 0 Å². The van der Waals surface area contributed by atoms with Crippen LogP contribution in [0, 0.1) is 6.92 Å². The van der Waals surface area contributed by atoms with Gasteiger partial charge in [0.15, 0.2) is 0 Å². The molecule has 0 spiro atoms. The van der Waals surface area contributed by atoms with Crippen LogP contribution in [0.2, 0.25) is 0 Å². The first kappa shape index (κ1) is 10.9. The summed E-state index contributed by atoms with van der Waals surface area (Å²) in [6.07, 6.45) is -0.379. The van der Waals surface area contributed by atoms with Crippen molar-refractivity contribution in [2.45, 2.75) is 32.9 Å². The predicted molar refractivity (Wildman–Crippen MR) is 60.4 cm³/mol. The van der Waals surface area contributed by atoms with Gasteiger partial charge < -0.3 is 16.2 Å². The monoisotopic (exact) mass is 194 g/mol. The highest BCUT2D eigenvalue weighted by molar-refractivity contribution is 5.63. The Bertz CT molecular complexity index is 310. The van der Waals surface area contributed by atoms with Crippen LogP contribution >= 0.6 is 0 Å². The van der Waals surface area contributed by atoms with E-state index in [0.717, 1.165) is 16.9 Å². The quantitative estimate of drug-likeness (QED) is 0.643. The fourth-order valence-corrected chi connectivity index (χ4v) is 1.18. The molecule has 2 unspecified atom stereocenters. The largest absolute Gasteiger partial charge is 0.398 e. The van der Waals surface area contributed by atoms with Gasteiger partial charge in [0.05, 0.1) is 6.10 Å². The minimum atomic E-state index is -0.379. The van der Waals surface area contributed by atoms with E-state index >= 15 is 0 Å². The van der Waals surface area contributed by atoms with E-state index in [0.29, 0.717) is 0 Å². The van der Waals surface area contributed by atoms with E-state index in [2.05, 4.69) is 5.32 Å². The van der Waals surface area contributed by atoms with Crippen molar-refractivity contribution in [2.24, 2.45) is 0 Å². The van der Waals surface area contributed by atoms with Crippen LogP contribution in [0.5, 0.6) is 0 Å². The maximum atomic E-state index is 9.35. The lowest BCUT2D eigenvalue weighted by Crippen LogP contribution is -2.28. The second kappa shape index (κ2) is 4.33. The number of hydrogen-bond acceptors (Lipinski definition) is 3. The third-order valence-electron chi connectivity index (χ3n) is 2.48. The third-order valence-corrected chi connectivity index (χ3v) is 2.48. The normalized spacial score (nSPS) is 14.9. The van der Waals surface area contributed by atoms with E-state index in [1.54, 1.807) is 6.92 Å². The second-order valence-electron chi connectivity index (χ2n) is 3.69. The molecule has 2 atom stereocenters. The summed E-state index contributed by atoms with van der Waals surface area (Å²) in [6, 6.07) is 5.76. The Morgan fingerprint density at radius 2 is 2.00 bits per heavy atom. The molecule has 78 valence electrons. The molecular formula is C11H18N2O. The minimum Gasteiger partial charge on any atom is -0.398 e. The summed E-state index contributed by atoms with van der Waals surface area (Å²) >= 11 is 0. The van der Waals surface area contributed by atoms with E-state index in [4.69, 9.17) is 5.73 Å². The first-order valence-corrected chi connectivity index (χ1v) is 4.82. The lowest BCUT2D eigenvalue weighted by molar-refractivity contribution is 0.178. The number of hydrogen-bond donors (Lipinski definition) is 3. The number of nitrogens with two attached hydrogens (primary N) is 1. The van der Waals surface area contributed by atoms with Gasteiger partial charge in [0.1, 0.15) is 0 Å². The number of anilines is 2. The number of nitrogen functional groups attached to an aromatic ring is 1. The highest BCUT2D eigenvalue weighted by Crippen LogP contribution is 2.21. The Hall–Kier alpha value is -1.22. The van der Waals surface area contributed by atoms with Crippen LogP contribution in [0.25, 0.3) is 0 Å². The van der Waals surface area contributed by atoms with Crippen molar-refractivity contribution < 1.29 is 5.11 Å². The van der Waals surface area contributed by atoms with Crippen LogP contribution in [0.3, 0.4) is 0 Å². The molecule has 0 aliphatic heterocycles. The summed E-state index contributed by atoms with van der Waals surface area (Å²) in [5.74, 6) is 0. The van der Waals surface area contributed by atoms with E-state index in [-0.39, 0.29) is 12.1 Å². The summed E-state index contributed by atoms with van der Waals surface area (Å²) in [4.78, 5) is 0. The van der Waals surface area contributed by atoms with Crippen molar-refractivity contribution in [3.63, 3.8) is 0 Å². The van der Waals surface area contributed by atoms with Crippen molar-refractivity contribution in [3.05, 3.63) is 23.8 Å². The average Bonchev–Trinajstić information content (AvgIpc) is 2.12. The molecule has 4 N–H and O–H groups in total. The SMILES string of the molecule is Cc1c(N)cccc1NC(C)C(C)O. The van der Waals surface area contributed by atoms with Gasteiger partial charge in [-0.25, -0.2) is 0 Å². The van der Waals surface area contributed by atoms with Gasteiger partial charge in [0.2, 0.25) is 0 Å². The predicted octanol–water partition coefficient (Wildman–Crippen LogP) is 1.76. The molecule has 1 rings (SSSR count). The molecule has 0 amide bonds. The van der Waals surface area contributed by atoms with Crippen LogP contribution in [-0.2, 0) is 0 Å². The molecule has 1 aromatic carbocycles. The zero-order chi connectivity index (χ0) is 10.7. The number of aliphatic hydroxyl groups excluding tert-OH is 1. The van der Waals surface area contributed by atoms with Gasteiger partial charge in [0, 0.05) is 17.4 Å². The molecule has 0 aliphatic rings.